The fraction of sp³-hybridized carbons (Fsp3) is 0.0625. The summed E-state index contributed by atoms with van der Waals surface area (Å²) in [6.45, 7) is 0.463. The molecule has 108 valence electrons. The molecule has 0 spiro atoms. The molecule has 22 heavy (non-hydrogen) atoms. The van der Waals surface area contributed by atoms with Crippen molar-refractivity contribution in [1.82, 2.24) is 19.2 Å². The van der Waals surface area contributed by atoms with Crippen LogP contribution in [0.5, 0.6) is 0 Å². The van der Waals surface area contributed by atoms with Crippen molar-refractivity contribution in [3.8, 4) is 0 Å². The molecular weight excluding hydrogens is 344 g/mol. The van der Waals surface area contributed by atoms with Crippen molar-refractivity contribution in [2.75, 3.05) is 0 Å². The van der Waals surface area contributed by atoms with Crippen LogP contribution in [0.4, 0.5) is 0 Å². The van der Waals surface area contributed by atoms with Crippen LogP contribution in [0.2, 0.25) is 0 Å². The largest absolute Gasteiger partial charge is 0.272 e. The molecule has 0 fully saturated rings. The van der Waals surface area contributed by atoms with Gasteiger partial charge in [0.25, 0.3) is 5.56 Å². The van der Waals surface area contributed by atoms with E-state index < -0.39 is 0 Å². The summed E-state index contributed by atoms with van der Waals surface area (Å²) in [7, 11) is 0. The number of benzene rings is 2. The quantitative estimate of drug-likeness (QED) is 0.556. The van der Waals surface area contributed by atoms with E-state index in [2.05, 4.69) is 26.1 Å². The predicted molar refractivity (Wildman–Crippen MR) is 88.0 cm³/mol. The Balaban J connectivity index is 2.05. The predicted octanol–water partition coefficient (Wildman–Crippen LogP) is 2.86. The number of rotatable bonds is 2. The lowest BCUT2D eigenvalue weighted by Crippen LogP contribution is -2.23. The minimum Gasteiger partial charge on any atom is -0.272 e. The third kappa shape index (κ3) is 2.03. The van der Waals surface area contributed by atoms with Crippen LogP contribution in [0, 0.1) is 0 Å². The SMILES string of the molecule is O=c1c2cc(Br)ccc2n2cnnc2n1Cc1ccccc1. The first-order chi connectivity index (χ1) is 10.7. The summed E-state index contributed by atoms with van der Waals surface area (Å²) in [5.74, 6) is 0.545. The van der Waals surface area contributed by atoms with Crippen LogP contribution in [0.1, 0.15) is 5.56 Å². The Labute approximate surface area is 134 Å². The van der Waals surface area contributed by atoms with Crippen LogP contribution in [-0.2, 0) is 6.54 Å². The molecule has 2 aromatic heterocycles. The van der Waals surface area contributed by atoms with E-state index in [0.717, 1.165) is 15.6 Å². The molecule has 2 aromatic carbocycles. The molecular formula is C16H11BrN4O. The van der Waals surface area contributed by atoms with Crippen molar-refractivity contribution in [2.24, 2.45) is 0 Å². The molecule has 0 bridgehead atoms. The van der Waals surface area contributed by atoms with Gasteiger partial charge in [0.05, 0.1) is 17.4 Å². The molecule has 0 unspecified atom stereocenters. The highest BCUT2D eigenvalue weighted by Gasteiger charge is 2.12. The number of halogens is 1. The van der Waals surface area contributed by atoms with Gasteiger partial charge in [0, 0.05) is 4.47 Å². The molecule has 5 nitrogen and oxygen atoms in total. The van der Waals surface area contributed by atoms with E-state index in [1.807, 2.05) is 52.9 Å². The molecule has 0 aliphatic carbocycles. The molecule has 0 amide bonds. The molecule has 0 saturated heterocycles. The van der Waals surface area contributed by atoms with Gasteiger partial charge < -0.3 is 0 Å². The lowest BCUT2D eigenvalue weighted by atomic mass is 10.2. The average Bonchev–Trinajstić information content (AvgIpc) is 3.02. The van der Waals surface area contributed by atoms with Gasteiger partial charge in [-0.1, -0.05) is 46.3 Å². The monoisotopic (exact) mass is 354 g/mol. The van der Waals surface area contributed by atoms with Crippen molar-refractivity contribution in [3.63, 3.8) is 0 Å². The van der Waals surface area contributed by atoms with E-state index >= 15 is 0 Å². The minimum absolute atomic E-state index is 0.0688. The number of hydrogen-bond acceptors (Lipinski definition) is 3. The summed E-state index contributed by atoms with van der Waals surface area (Å²) >= 11 is 3.42. The number of hydrogen-bond donors (Lipinski definition) is 0. The smallest absolute Gasteiger partial charge is 0.263 e. The Hall–Kier alpha value is -2.47. The highest BCUT2D eigenvalue weighted by molar-refractivity contribution is 9.10. The van der Waals surface area contributed by atoms with Crippen molar-refractivity contribution in [2.45, 2.75) is 6.54 Å². The summed E-state index contributed by atoms with van der Waals surface area (Å²) < 4.78 is 4.36. The standard InChI is InChI=1S/C16H11BrN4O/c17-12-6-7-14-13(8-12)15(22)20(16-19-18-10-21(14)16)9-11-4-2-1-3-5-11/h1-8,10H,9H2. The summed E-state index contributed by atoms with van der Waals surface area (Å²) in [6, 6.07) is 15.5. The van der Waals surface area contributed by atoms with Crippen molar-refractivity contribution >= 4 is 32.6 Å². The minimum atomic E-state index is -0.0688. The van der Waals surface area contributed by atoms with Gasteiger partial charge in [0.15, 0.2) is 0 Å². The normalized spacial score (nSPS) is 11.3. The van der Waals surface area contributed by atoms with Gasteiger partial charge in [-0.2, -0.15) is 0 Å². The van der Waals surface area contributed by atoms with Crippen LogP contribution < -0.4 is 5.56 Å². The summed E-state index contributed by atoms with van der Waals surface area (Å²) in [4.78, 5) is 12.9. The Morgan fingerprint density at radius 2 is 1.91 bits per heavy atom. The van der Waals surface area contributed by atoms with Gasteiger partial charge >= 0.3 is 0 Å². The third-order valence-electron chi connectivity index (χ3n) is 3.65. The molecule has 6 heteroatoms. The van der Waals surface area contributed by atoms with Crippen molar-refractivity contribution < 1.29 is 0 Å². The zero-order valence-corrected chi connectivity index (χ0v) is 13.1. The zero-order chi connectivity index (χ0) is 15.1. The number of aromatic nitrogens is 4. The summed E-state index contributed by atoms with van der Waals surface area (Å²) in [5, 5.41) is 8.71. The van der Waals surface area contributed by atoms with E-state index in [1.54, 1.807) is 10.9 Å². The second-order valence-corrected chi connectivity index (χ2v) is 5.95. The highest BCUT2D eigenvalue weighted by Crippen LogP contribution is 2.18. The Bertz CT molecular complexity index is 1040. The van der Waals surface area contributed by atoms with Gasteiger partial charge in [-0.15, -0.1) is 10.2 Å². The van der Waals surface area contributed by atoms with Crippen LogP contribution >= 0.6 is 15.9 Å². The van der Waals surface area contributed by atoms with Crippen LogP contribution in [0.3, 0.4) is 0 Å². The van der Waals surface area contributed by atoms with Gasteiger partial charge in [0.1, 0.15) is 6.33 Å². The lowest BCUT2D eigenvalue weighted by Gasteiger charge is -2.10. The van der Waals surface area contributed by atoms with E-state index in [1.165, 1.54) is 0 Å². The van der Waals surface area contributed by atoms with Gasteiger partial charge in [-0.3, -0.25) is 13.8 Å². The second-order valence-electron chi connectivity index (χ2n) is 5.04. The van der Waals surface area contributed by atoms with Crippen molar-refractivity contribution in [3.05, 3.63) is 75.2 Å². The molecule has 0 N–H and O–H groups in total. The fourth-order valence-corrected chi connectivity index (χ4v) is 2.98. The van der Waals surface area contributed by atoms with E-state index in [4.69, 9.17) is 0 Å². The van der Waals surface area contributed by atoms with Gasteiger partial charge in [0.2, 0.25) is 5.78 Å². The van der Waals surface area contributed by atoms with E-state index in [0.29, 0.717) is 17.7 Å². The topological polar surface area (TPSA) is 52.2 Å². The van der Waals surface area contributed by atoms with Crippen LogP contribution in [0.15, 0.2) is 64.1 Å². The van der Waals surface area contributed by atoms with Gasteiger partial charge in [-0.05, 0) is 23.8 Å². The van der Waals surface area contributed by atoms with E-state index in [-0.39, 0.29) is 5.56 Å². The second kappa shape index (κ2) is 5.06. The molecule has 0 atom stereocenters. The highest BCUT2D eigenvalue weighted by atomic mass is 79.9. The molecule has 4 aromatic rings. The first-order valence-corrected chi connectivity index (χ1v) is 7.59. The Morgan fingerprint density at radius 1 is 1.09 bits per heavy atom. The third-order valence-corrected chi connectivity index (χ3v) is 4.14. The molecule has 0 aliphatic heterocycles. The summed E-state index contributed by atoms with van der Waals surface area (Å²) in [6.07, 6.45) is 1.63. The molecule has 0 aliphatic rings. The summed E-state index contributed by atoms with van der Waals surface area (Å²) in [5.41, 5.74) is 1.78. The Morgan fingerprint density at radius 3 is 2.73 bits per heavy atom. The molecule has 2 heterocycles. The van der Waals surface area contributed by atoms with Crippen LogP contribution in [0.25, 0.3) is 16.7 Å². The fourth-order valence-electron chi connectivity index (χ4n) is 2.62. The maximum atomic E-state index is 12.9. The van der Waals surface area contributed by atoms with Crippen molar-refractivity contribution in [1.29, 1.82) is 0 Å². The number of fused-ring (bicyclic) bond motifs is 3. The molecule has 4 rings (SSSR count). The molecule has 0 saturated carbocycles. The van der Waals surface area contributed by atoms with Crippen LogP contribution in [-0.4, -0.2) is 19.2 Å². The lowest BCUT2D eigenvalue weighted by molar-refractivity contribution is 0.766. The molecule has 0 radical (unpaired) electrons. The maximum Gasteiger partial charge on any atom is 0.263 e. The zero-order valence-electron chi connectivity index (χ0n) is 11.5. The van der Waals surface area contributed by atoms with E-state index in [9.17, 15) is 4.79 Å². The van der Waals surface area contributed by atoms with Gasteiger partial charge in [-0.25, -0.2) is 0 Å². The Kier molecular flexibility index (Phi) is 3.04. The first kappa shape index (κ1) is 13.2. The first-order valence-electron chi connectivity index (χ1n) is 6.80. The maximum absolute atomic E-state index is 12.9. The average molecular weight is 355 g/mol. The number of nitrogens with zero attached hydrogens (tertiary/aromatic N) is 4.